The van der Waals surface area contributed by atoms with Crippen LogP contribution in [0.15, 0.2) is 72.8 Å². The first kappa shape index (κ1) is 18.2. The summed E-state index contributed by atoms with van der Waals surface area (Å²) in [6, 6.07) is 14.4. The monoisotopic (exact) mass is 336 g/mol. The van der Waals surface area contributed by atoms with Gasteiger partial charge in [-0.05, 0) is 59.7 Å². The van der Waals surface area contributed by atoms with Crippen molar-refractivity contribution in [2.24, 2.45) is 0 Å². The van der Waals surface area contributed by atoms with Gasteiger partial charge < -0.3 is 10.2 Å². The lowest BCUT2D eigenvalue weighted by atomic mass is 9.78. The number of ketones is 2. The number of carbonyl (C=O) groups excluding carboxylic acids is 2. The van der Waals surface area contributed by atoms with Gasteiger partial charge in [-0.3, -0.25) is 9.59 Å². The van der Waals surface area contributed by atoms with E-state index in [1.54, 1.807) is 24.3 Å². The first-order valence-corrected chi connectivity index (χ1v) is 7.82. The van der Waals surface area contributed by atoms with Crippen molar-refractivity contribution in [2.75, 3.05) is 0 Å². The van der Waals surface area contributed by atoms with E-state index in [0.717, 1.165) is 11.1 Å². The molecule has 1 aliphatic rings. The molecule has 4 heteroatoms. The van der Waals surface area contributed by atoms with E-state index >= 15 is 0 Å². The van der Waals surface area contributed by atoms with Crippen molar-refractivity contribution in [3.8, 4) is 11.5 Å². The van der Waals surface area contributed by atoms with Gasteiger partial charge in [0.15, 0.2) is 11.6 Å². The second-order valence-electron chi connectivity index (χ2n) is 6.19. The van der Waals surface area contributed by atoms with Crippen LogP contribution in [0.1, 0.15) is 25.0 Å². The largest absolute Gasteiger partial charge is 0.508 e. The molecule has 0 amide bonds. The smallest absolute Gasteiger partial charge is 0.178 e. The minimum absolute atomic E-state index is 0.121. The van der Waals surface area contributed by atoms with Crippen LogP contribution in [0.3, 0.4) is 0 Å². The Balaban J connectivity index is 0.000000236. The quantitative estimate of drug-likeness (QED) is 0.821. The van der Waals surface area contributed by atoms with Crippen LogP contribution in [0.5, 0.6) is 11.5 Å². The molecule has 0 saturated heterocycles. The fourth-order valence-corrected chi connectivity index (χ4v) is 2.36. The number of hydrogen-bond acceptors (Lipinski definition) is 4. The van der Waals surface area contributed by atoms with E-state index in [9.17, 15) is 19.8 Å². The average molecular weight is 336 g/mol. The van der Waals surface area contributed by atoms with Gasteiger partial charge >= 0.3 is 0 Å². The van der Waals surface area contributed by atoms with E-state index in [1.165, 1.54) is 24.3 Å². The summed E-state index contributed by atoms with van der Waals surface area (Å²) in [5, 5.41) is 18.6. The van der Waals surface area contributed by atoms with Gasteiger partial charge in [0.25, 0.3) is 0 Å². The topological polar surface area (TPSA) is 74.6 Å². The number of aromatic hydroxyl groups is 2. The molecule has 0 spiro atoms. The van der Waals surface area contributed by atoms with Crippen molar-refractivity contribution in [3.05, 3.63) is 84.0 Å². The molecule has 0 atom stereocenters. The molecule has 0 saturated carbocycles. The molecule has 0 heterocycles. The third-order valence-corrected chi connectivity index (χ3v) is 4.00. The summed E-state index contributed by atoms with van der Waals surface area (Å²) in [6.07, 6.45) is 5.01. The van der Waals surface area contributed by atoms with Gasteiger partial charge in [0.2, 0.25) is 0 Å². The third-order valence-electron chi connectivity index (χ3n) is 4.00. The molecule has 2 aromatic rings. The molecule has 0 unspecified atom stereocenters. The molecule has 0 bridgehead atoms. The second kappa shape index (κ2) is 7.62. The van der Waals surface area contributed by atoms with Crippen molar-refractivity contribution in [3.63, 3.8) is 0 Å². The molecule has 2 N–H and O–H groups in total. The summed E-state index contributed by atoms with van der Waals surface area (Å²) < 4.78 is 0. The van der Waals surface area contributed by atoms with Gasteiger partial charge in [-0.25, -0.2) is 0 Å². The summed E-state index contributed by atoms with van der Waals surface area (Å²) in [7, 11) is 0. The highest BCUT2D eigenvalue weighted by atomic mass is 16.3. The lowest BCUT2D eigenvalue weighted by Gasteiger charge is -2.26. The number of benzene rings is 2. The molecule has 0 radical (unpaired) electrons. The van der Waals surface area contributed by atoms with E-state index in [0.29, 0.717) is 0 Å². The van der Waals surface area contributed by atoms with Gasteiger partial charge in [0.05, 0.1) is 0 Å². The zero-order chi connectivity index (χ0) is 18.4. The van der Waals surface area contributed by atoms with Crippen LogP contribution in [0, 0.1) is 0 Å². The fraction of sp³-hybridized carbons (Fsp3) is 0.143. The Morgan fingerprint density at radius 3 is 1.16 bits per heavy atom. The fourth-order valence-electron chi connectivity index (χ4n) is 2.36. The van der Waals surface area contributed by atoms with Gasteiger partial charge in [-0.15, -0.1) is 0 Å². The van der Waals surface area contributed by atoms with Crippen LogP contribution in [-0.2, 0) is 15.0 Å². The maximum Gasteiger partial charge on any atom is 0.178 e. The molecular formula is C21H20O4. The second-order valence-corrected chi connectivity index (χ2v) is 6.19. The number of hydrogen-bond donors (Lipinski definition) is 2. The molecule has 1 aliphatic carbocycles. The molecule has 2 aromatic carbocycles. The van der Waals surface area contributed by atoms with Gasteiger partial charge in [0.1, 0.15) is 11.5 Å². The minimum Gasteiger partial charge on any atom is -0.508 e. The van der Waals surface area contributed by atoms with E-state index in [4.69, 9.17) is 0 Å². The lowest BCUT2D eigenvalue weighted by Crippen LogP contribution is -2.18. The number of carbonyl (C=O) groups is 2. The molecule has 128 valence electrons. The lowest BCUT2D eigenvalue weighted by molar-refractivity contribution is -0.113. The third kappa shape index (κ3) is 4.91. The van der Waals surface area contributed by atoms with Gasteiger partial charge in [-0.1, -0.05) is 38.1 Å². The Hall–Kier alpha value is -3.14. The summed E-state index contributed by atoms with van der Waals surface area (Å²) in [4.78, 5) is 20.6. The summed E-state index contributed by atoms with van der Waals surface area (Å²) in [6.45, 7) is 4.23. The van der Waals surface area contributed by atoms with Crippen LogP contribution >= 0.6 is 0 Å². The normalized spacial score (nSPS) is 13.4. The van der Waals surface area contributed by atoms with Crippen molar-refractivity contribution in [1.82, 2.24) is 0 Å². The SMILES string of the molecule is CC(C)(c1ccc(O)cc1)c1ccc(O)cc1.O=C1C=CC(=O)C=C1. The highest BCUT2D eigenvalue weighted by Crippen LogP contribution is 2.32. The first-order valence-electron chi connectivity index (χ1n) is 7.82. The van der Waals surface area contributed by atoms with Crippen LogP contribution in [0.4, 0.5) is 0 Å². The highest BCUT2D eigenvalue weighted by Gasteiger charge is 2.22. The predicted octanol–water partition coefficient (Wildman–Crippen LogP) is 3.67. The van der Waals surface area contributed by atoms with Crippen LogP contribution in [0.2, 0.25) is 0 Å². The molecule has 0 aliphatic heterocycles. The molecule has 25 heavy (non-hydrogen) atoms. The minimum atomic E-state index is -0.151. The zero-order valence-corrected chi connectivity index (χ0v) is 14.1. The highest BCUT2D eigenvalue weighted by molar-refractivity contribution is 6.14. The Morgan fingerprint density at radius 1 is 0.600 bits per heavy atom. The molecule has 0 fully saturated rings. The predicted molar refractivity (Wildman–Crippen MR) is 96.6 cm³/mol. The zero-order valence-electron chi connectivity index (χ0n) is 14.1. The van der Waals surface area contributed by atoms with Crippen LogP contribution in [-0.4, -0.2) is 21.8 Å². The molecule has 4 nitrogen and oxygen atoms in total. The summed E-state index contributed by atoms with van der Waals surface area (Å²) in [5.74, 6) is 0.305. The summed E-state index contributed by atoms with van der Waals surface area (Å²) >= 11 is 0. The first-order chi connectivity index (χ1) is 11.8. The standard InChI is InChI=1S/C15H16O2.C6H4O2/c1-15(2,11-3-7-13(16)8-4-11)12-5-9-14(17)10-6-12;7-5-1-2-6(8)4-3-5/h3-10,16-17H,1-2H3;1-4H. The van der Waals surface area contributed by atoms with E-state index in [1.807, 2.05) is 24.3 Å². The Kier molecular flexibility index (Phi) is 5.55. The van der Waals surface area contributed by atoms with Gasteiger partial charge in [-0.2, -0.15) is 0 Å². The maximum absolute atomic E-state index is 10.3. The van der Waals surface area contributed by atoms with Crippen molar-refractivity contribution >= 4 is 11.6 Å². The Morgan fingerprint density at radius 2 is 0.880 bits per heavy atom. The van der Waals surface area contributed by atoms with E-state index in [-0.39, 0.29) is 28.5 Å². The van der Waals surface area contributed by atoms with Crippen molar-refractivity contribution in [1.29, 1.82) is 0 Å². The van der Waals surface area contributed by atoms with Crippen molar-refractivity contribution in [2.45, 2.75) is 19.3 Å². The maximum atomic E-state index is 10.3. The van der Waals surface area contributed by atoms with E-state index < -0.39 is 0 Å². The van der Waals surface area contributed by atoms with Crippen LogP contribution in [0.25, 0.3) is 0 Å². The molecule has 0 aromatic heterocycles. The average Bonchev–Trinajstić information content (AvgIpc) is 2.59. The number of phenolic OH excluding ortho intramolecular Hbond substituents is 2. The molecular weight excluding hydrogens is 316 g/mol. The molecule has 3 rings (SSSR count). The Bertz CT molecular complexity index is 724. The van der Waals surface area contributed by atoms with Crippen molar-refractivity contribution < 1.29 is 19.8 Å². The van der Waals surface area contributed by atoms with Gasteiger partial charge in [0, 0.05) is 5.41 Å². The summed E-state index contributed by atoms with van der Waals surface area (Å²) in [5.41, 5.74) is 2.10. The number of rotatable bonds is 2. The van der Waals surface area contributed by atoms with E-state index in [2.05, 4.69) is 13.8 Å². The number of allylic oxidation sites excluding steroid dienone is 4. The number of phenols is 2. The Labute approximate surface area is 146 Å². The van der Waals surface area contributed by atoms with Crippen LogP contribution < -0.4 is 0 Å².